The van der Waals surface area contributed by atoms with Crippen LogP contribution in [0.5, 0.6) is 5.75 Å². The fourth-order valence-corrected chi connectivity index (χ4v) is 2.76. The fourth-order valence-electron chi connectivity index (χ4n) is 2.51. The minimum atomic E-state index is -1.99. The Bertz CT molecular complexity index is 1070. The van der Waals surface area contributed by atoms with E-state index in [0.29, 0.717) is 28.2 Å². The third-order valence-electron chi connectivity index (χ3n) is 3.85. The van der Waals surface area contributed by atoms with Crippen LogP contribution in [-0.4, -0.2) is 36.8 Å². The predicted octanol–water partition coefficient (Wildman–Crippen LogP) is 3.44. The molecule has 2 rings (SSSR count). The van der Waals surface area contributed by atoms with Crippen molar-refractivity contribution in [3.05, 3.63) is 65.2 Å². The highest BCUT2D eigenvalue weighted by molar-refractivity contribution is 7.38. The number of benzene rings is 2. The van der Waals surface area contributed by atoms with Gasteiger partial charge in [0.05, 0.1) is 5.56 Å². The number of para-hydroxylation sites is 1. The zero-order valence-corrected chi connectivity index (χ0v) is 20.2. The summed E-state index contributed by atoms with van der Waals surface area (Å²) in [6, 6.07) is 14.0. The van der Waals surface area contributed by atoms with E-state index in [9.17, 15) is 9.18 Å². The molecule has 0 fully saturated rings. The SMILES string of the molecule is CNC(=O)/C(=N/OC)c1ccccc1CO/N=C(\C)C#Cc1ccccc1OC(F)(P)P. The van der Waals surface area contributed by atoms with E-state index < -0.39 is 5.34 Å². The molecule has 1 amide bonds. The lowest BCUT2D eigenvalue weighted by Gasteiger charge is -2.17. The first-order chi connectivity index (χ1) is 15.2. The summed E-state index contributed by atoms with van der Waals surface area (Å²) in [7, 11) is 6.76. The lowest BCUT2D eigenvalue weighted by Crippen LogP contribution is -2.29. The van der Waals surface area contributed by atoms with E-state index in [2.05, 4.69) is 27.5 Å². The Hall–Kier alpha value is -3.00. The summed E-state index contributed by atoms with van der Waals surface area (Å²) in [6.07, 6.45) is 0. The first kappa shape index (κ1) is 25.3. The van der Waals surface area contributed by atoms with Crippen LogP contribution in [0, 0.1) is 11.8 Å². The summed E-state index contributed by atoms with van der Waals surface area (Å²) in [5.41, 5.74) is 2.28. The molecule has 0 saturated carbocycles. The molecule has 0 aliphatic heterocycles. The van der Waals surface area contributed by atoms with Crippen LogP contribution in [0.3, 0.4) is 0 Å². The summed E-state index contributed by atoms with van der Waals surface area (Å²) >= 11 is 0. The van der Waals surface area contributed by atoms with Crippen molar-refractivity contribution in [2.75, 3.05) is 14.2 Å². The second-order valence-corrected chi connectivity index (χ2v) is 8.60. The van der Waals surface area contributed by atoms with Crippen LogP contribution < -0.4 is 10.1 Å². The first-order valence-corrected chi connectivity index (χ1v) is 10.6. The lowest BCUT2D eigenvalue weighted by molar-refractivity contribution is -0.114. The van der Waals surface area contributed by atoms with Gasteiger partial charge in [0, 0.05) is 18.2 Å². The lowest BCUT2D eigenvalue weighted by atomic mass is 10.0. The molecule has 0 heterocycles. The number of hydrogen-bond acceptors (Lipinski definition) is 6. The molecule has 2 aromatic carbocycles. The normalized spacial score (nSPS) is 11.8. The number of oxime groups is 2. The maximum Gasteiger partial charge on any atom is 0.273 e. The number of alkyl halides is 1. The van der Waals surface area contributed by atoms with Crippen LogP contribution in [0.25, 0.3) is 0 Å². The van der Waals surface area contributed by atoms with Gasteiger partial charge in [0.1, 0.15) is 25.2 Å². The van der Waals surface area contributed by atoms with Gasteiger partial charge in [0.25, 0.3) is 11.2 Å². The Kier molecular flexibility index (Phi) is 9.59. The smallest absolute Gasteiger partial charge is 0.273 e. The second kappa shape index (κ2) is 12.1. The molecule has 0 aliphatic rings. The van der Waals surface area contributed by atoms with E-state index in [4.69, 9.17) is 14.4 Å². The third-order valence-corrected chi connectivity index (χ3v) is 4.09. The van der Waals surface area contributed by atoms with Gasteiger partial charge < -0.3 is 19.7 Å². The predicted molar refractivity (Wildman–Crippen MR) is 129 cm³/mol. The molecular formula is C22H24FN3O4P2. The van der Waals surface area contributed by atoms with Crippen LogP contribution in [-0.2, 0) is 21.1 Å². The van der Waals surface area contributed by atoms with E-state index in [0.717, 1.165) is 0 Å². The van der Waals surface area contributed by atoms with Gasteiger partial charge in [0.15, 0.2) is 5.71 Å². The van der Waals surface area contributed by atoms with Gasteiger partial charge in [-0.1, -0.05) is 52.6 Å². The molecule has 2 atom stereocenters. The van der Waals surface area contributed by atoms with Crippen molar-refractivity contribution in [2.24, 2.45) is 10.3 Å². The summed E-state index contributed by atoms with van der Waals surface area (Å²) in [6.45, 7) is 1.76. The Balaban J connectivity index is 2.15. The summed E-state index contributed by atoms with van der Waals surface area (Å²) in [5, 5.41) is 8.35. The zero-order valence-electron chi connectivity index (χ0n) is 17.9. The molecule has 0 aromatic heterocycles. The van der Waals surface area contributed by atoms with Crippen LogP contribution in [0.1, 0.15) is 23.6 Å². The first-order valence-electron chi connectivity index (χ1n) is 9.40. The summed E-state index contributed by atoms with van der Waals surface area (Å²) < 4.78 is 19.0. The van der Waals surface area contributed by atoms with Crippen molar-refractivity contribution in [3.8, 4) is 17.6 Å². The molecule has 0 radical (unpaired) electrons. The maximum atomic E-state index is 13.8. The molecule has 10 heteroatoms. The topological polar surface area (TPSA) is 81.5 Å². The average molecular weight is 475 g/mol. The average Bonchev–Trinajstić information content (AvgIpc) is 2.76. The molecule has 0 aliphatic carbocycles. The van der Waals surface area contributed by atoms with Crippen molar-refractivity contribution in [1.29, 1.82) is 0 Å². The Morgan fingerprint density at radius 1 is 1.16 bits per heavy atom. The number of likely N-dealkylation sites (N-methyl/N-ethyl adjacent to an activating group) is 1. The van der Waals surface area contributed by atoms with Gasteiger partial charge in [-0.25, -0.2) is 0 Å². The number of ether oxygens (including phenoxy) is 1. The monoisotopic (exact) mass is 475 g/mol. The molecule has 32 heavy (non-hydrogen) atoms. The Morgan fingerprint density at radius 3 is 2.53 bits per heavy atom. The third kappa shape index (κ3) is 7.92. The van der Waals surface area contributed by atoms with Gasteiger partial charge in [-0.15, -0.1) is 0 Å². The number of hydrogen-bond donors (Lipinski definition) is 1. The molecule has 0 saturated heterocycles. The molecule has 0 bridgehead atoms. The van der Waals surface area contributed by atoms with E-state index in [1.54, 1.807) is 49.4 Å². The molecule has 168 valence electrons. The van der Waals surface area contributed by atoms with Gasteiger partial charge in [-0.2, -0.15) is 4.39 Å². The molecule has 1 N–H and O–H groups in total. The molecule has 7 nitrogen and oxygen atoms in total. The van der Waals surface area contributed by atoms with Crippen LogP contribution in [0.15, 0.2) is 58.8 Å². The number of carbonyl (C=O) groups excluding carboxylic acids is 1. The number of amides is 1. The zero-order chi connectivity index (χ0) is 23.6. The van der Waals surface area contributed by atoms with E-state index in [-0.39, 0.29) is 18.2 Å². The maximum absolute atomic E-state index is 13.8. The van der Waals surface area contributed by atoms with Crippen LogP contribution in [0.4, 0.5) is 4.39 Å². The number of nitrogens with one attached hydrogen (secondary N) is 1. The van der Waals surface area contributed by atoms with E-state index in [1.807, 2.05) is 24.5 Å². The number of halogens is 1. The van der Waals surface area contributed by atoms with Gasteiger partial charge in [-0.3, -0.25) is 4.79 Å². The van der Waals surface area contributed by atoms with Crippen molar-refractivity contribution in [2.45, 2.75) is 18.9 Å². The van der Waals surface area contributed by atoms with Crippen molar-refractivity contribution in [1.82, 2.24) is 5.32 Å². The van der Waals surface area contributed by atoms with Gasteiger partial charge in [-0.05, 0) is 43.5 Å². The number of carbonyl (C=O) groups is 1. The van der Waals surface area contributed by atoms with E-state index in [1.165, 1.54) is 14.2 Å². The van der Waals surface area contributed by atoms with E-state index >= 15 is 0 Å². The van der Waals surface area contributed by atoms with Crippen molar-refractivity contribution >= 4 is 35.8 Å². The van der Waals surface area contributed by atoms with Crippen molar-refractivity contribution < 1.29 is 23.6 Å². The highest BCUT2D eigenvalue weighted by atomic mass is 31.1. The molecule has 2 aromatic rings. The minimum absolute atomic E-state index is 0.0824. The minimum Gasteiger partial charge on any atom is -0.451 e. The second-order valence-electron chi connectivity index (χ2n) is 6.35. The van der Waals surface area contributed by atoms with Gasteiger partial charge >= 0.3 is 0 Å². The summed E-state index contributed by atoms with van der Waals surface area (Å²) in [5.74, 6) is 5.65. The number of rotatable bonds is 8. The highest BCUT2D eigenvalue weighted by Gasteiger charge is 2.19. The molecule has 0 spiro atoms. The van der Waals surface area contributed by atoms with Crippen LogP contribution in [0.2, 0.25) is 0 Å². The van der Waals surface area contributed by atoms with Crippen LogP contribution >= 0.6 is 18.5 Å². The van der Waals surface area contributed by atoms with Gasteiger partial charge in [0.2, 0.25) is 0 Å². The van der Waals surface area contributed by atoms with Crippen molar-refractivity contribution in [3.63, 3.8) is 0 Å². The number of nitrogens with zero attached hydrogens (tertiary/aromatic N) is 2. The molecular weight excluding hydrogens is 451 g/mol. The molecule has 2 unspecified atom stereocenters. The summed E-state index contributed by atoms with van der Waals surface area (Å²) in [4.78, 5) is 22.3. The standard InChI is InChI=1S/C22H24FN3O4P2/c1-15(12-13-16-8-5-7-11-19(16)30-22(23,31)32)25-29-14-17-9-4-6-10-18(17)20(26-28-3)21(27)24-2/h4-11H,14,31-32H2,1-3H3,(H,24,27)/b25-15+,26-20+. The Labute approximate surface area is 191 Å². The highest BCUT2D eigenvalue weighted by Crippen LogP contribution is 2.33. The Morgan fingerprint density at radius 2 is 1.84 bits per heavy atom. The largest absolute Gasteiger partial charge is 0.451 e. The fraction of sp³-hybridized carbons (Fsp3) is 0.227. The quantitative estimate of drug-likeness (QED) is 0.275.